The lowest BCUT2D eigenvalue weighted by Gasteiger charge is -1.96. The molecule has 0 aromatic heterocycles. The van der Waals surface area contributed by atoms with Crippen molar-refractivity contribution in [3.05, 3.63) is 0 Å². The standard InChI is InChI=1S/C4H7N3O3/c1-5-7-3(8)2-6-4(9)10/h6H,1-2H2,(H,7,8)(H,9,10). The van der Waals surface area contributed by atoms with Crippen molar-refractivity contribution < 1.29 is 14.7 Å². The largest absolute Gasteiger partial charge is 0.465 e. The summed E-state index contributed by atoms with van der Waals surface area (Å²) in [6.45, 7) is 2.66. The van der Waals surface area contributed by atoms with Crippen LogP contribution in [0.25, 0.3) is 0 Å². The van der Waals surface area contributed by atoms with Gasteiger partial charge in [-0.25, -0.2) is 10.2 Å². The van der Waals surface area contributed by atoms with E-state index < -0.39 is 12.0 Å². The summed E-state index contributed by atoms with van der Waals surface area (Å²) in [5.74, 6) is -0.544. The molecule has 0 heterocycles. The van der Waals surface area contributed by atoms with Gasteiger partial charge in [-0.05, 0) is 0 Å². The maximum Gasteiger partial charge on any atom is 0.405 e. The van der Waals surface area contributed by atoms with E-state index in [-0.39, 0.29) is 6.54 Å². The molecular weight excluding hydrogens is 138 g/mol. The van der Waals surface area contributed by atoms with E-state index in [0.717, 1.165) is 0 Å². The molecule has 10 heavy (non-hydrogen) atoms. The van der Waals surface area contributed by atoms with Gasteiger partial charge in [-0.1, -0.05) is 0 Å². The molecule has 6 heteroatoms. The summed E-state index contributed by atoms with van der Waals surface area (Å²) < 4.78 is 0. The molecule has 0 spiro atoms. The van der Waals surface area contributed by atoms with Crippen LogP contribution in [-0.2, 0) is 4.79 Å². The molecule has 0 fully saturated rings. The van der Waals surface area contributed by atoms with E-state index in [1.165, 1.54) is 0 Å². The number of hydrogen-bond donors (Lipinski definition) is 3. The van der Waals surface area contributed by atoms with E-state index >= 15 is 0 Å². The molecule has 2 amide bonds. The molecule has 0 saturated carbocycles. The maximum atomic E-state index is 10.4. The second kappa shape index (κ2) is 4.30. The van der Waals surface area contributed by atoms with Gasteiger partial charge in [0.15, 0.2) is 0 Å². The summed E-state index contributed by atoms with van der Waals surface area (Å²) in [6, 6.07) is 0. The first-order valence-electron chi connectivity index (χ1n) is 2.38. The first-order chi connectivity index (χ1) is 4.66. The minimum absolute atomic E-state index is 0.311. The van der Waals surface area contributed by atoms with Crippen LogP contribution in [0.4, 0.5) is 4.79 Å². The van der Waals surface area contributed by atoms with E-state index in [0.29, 0.717) is 0 Å². The van der Waals surface area contributed by atoms with Gasteiger partial charge in [-0.3, -0.25) is 4.79 Å². The van der Waals surface area contributed by atoms with Crippen LogP contribution >= 0.6 is 0 Å². The Balaban J connectivity index is 3.39. The van der Waals surface area contributed by atoms with Crippen LogP contribution in [0.5, 0.6) is 0 Å². The Morgan fingerprint density at radius 3 is 2.60 bits per heavy atom. The van der Waals surface area contributed by atoms with Crippen molar-refractivity contribution in [2.75, 3.05) is 6.54 Å². The zero-order valence-electron chi connectivity index (χ0n) is 5.13. The number of hydrogen-bond acceptors (Lipinski definition) is 3. The van der Waals surface area contributed by atoms with Crippen LogP contribution in [0.3, 0.4) is 0 Å². The Labute approximate surface area is 56.9 Å². The number of carboxylic acid groups (broad SMARTS) is 1. The number of rotatable bonds is 3. The van der Waals surface area contributed by atoms with Crippen molar-refractivity contribution in [3.8, 4) is 0 Å². The van der Waals surface area contributed by atoms with Gasteiger partial charge in [0.25, 0.3) is 5.91 Å². The second-order valence-corrected chi connectivity index (χ2v) is 1.35. The molecule has 0 aliphatic carbocycles. The average Bonchev–Trinajstić information content (AvgIpc) is 1.85. The Morgan fingerprint density at radius 2 is 2.20 bits per heavy atom. The summed E-state index contributed by atoms with van der Waals surface area (Å²) in [5.41, 5.74) is 1.95. The fourth-order valence-corrected chi connectivity index (χ4v) is 0.284. The Hall–Kier alpha value is -1.59. The third-order valence-electron chi connectivity index (χ3n) is 0.604. The molecule has 0 unspecified atom stereocenters. The molecule has 3 N–H and O–H groups in total. The number of hydrazone groups is 1. The Kier molecular flexibility index (Phi) is 3.62. The maximum absolute atomic E-state index is 10.4. The number of amides is 2. The first kappa shape index (κ1) is 8.41. The van der Waals surface area contributed by atoms with Gasteiger partial charge in [0.05, 0.1) is 0 Å². The fraction of sp³-hybridized carbons (Fsp3) is 0.250. The molecule has 0 aliphatic heterocycles. The zero-order chi connectivity index (χ0) is 7.98. The molecular formula is C4H7N3O3. The van der Waals surface area contributed by atoms with Crippen molar-refractivity contribution in [1.29, 1.82) is 0 Å². The Morgan fingerprint density at radius 1 is 1.60 bits per heavy atom. The number of nitrogens with one attached hydrogen (secondary N) is 2. The summed E-state index contributed by atoms with van der Waals surface area (Å²) >= 11 is 0. The van der Waals surface area contributed by atoms with Crippen molar-refractivity contribution in [2.45, 2.75) is 0 Å². The lowest BCUT2D eigenvalue weighted by molar-refractivity contribution is -0.120. The highest BCUT2D eigenvalue weighted by molar-refractivity contribution is 5.81. The van der Waals surface area contributed by atoms with E-state index in [4.69, 9.17) is 5.11 Å². The van der Waals surface area contributed by atoms with Crippen LogP contribution < -0.4 is 10.7 Å². The van der Waals surface area contributed by atoms with E-state index in [9.17, 15) is 9.59 Å². The van der Waals surface area contributed by atoms with Gasteiger partial charge in [0, 0.05) is 6.72 Å². The molecule has 0 saturated heterocycles. The molecule has 0 aliphatic rings. The van der Waals surface area contributed by atoms with Crippen LogP contribution in [0.15, 0.2) is 5.10 Å². The highest BCUT2D eigenvalue weighted by Gasteiger charge is 1.99. The van der Waals surface area contributed by atoms with Crippen LogP contribution in [0.2, 0.25) is 0 Å². The van der Waals surface area contributed by atoms with Crippen LogP contribution in [-0.4, -0.2) is 30.4 Å². The third kappa shape index (κ3) is 4.57. The molecule has 0 aromatic rings. The van der Waals surface area contributed by atoms with Gasteiger partial charge in [-0.15, -0.1) is 0 Å². The molecule has 0 aromatic carbocycles. The predicted molar refractivity (Wildman–Crippen MR) is 33.7 cm³/mol. The second-order valence-electron chi connectivity index (χ2n) is 1.35. The monoisotopic (exact) mass is 145 g/mol. The molecule has 6 nitrogen and oxygen atoms in total. The number of carbonyl (C=O) groups is 2. The summed E-state index contributed by atoms with van der Waals surface area (Å²) in [7, 11) is 0. The SMILES string of the molecule is C=NNC(=O)CNC(=O)O. The highest BCUT2D eigenvalue weighted by Crippen LogP contribution is 1.63. The fourth-order valence-electron chi connectivity index (χ4n) is 0.284. The lowest BCUT2D eigenvalue weighted by Crippen LogP contribution is -2.33. The summed E-state index contributed by atoms with van der Waals surface area (Å²) in [5, 5.41) is 12.9. The third-order valence-corrected chi connectivity index (χ3v) is 0.604. The summed E-state index contributed by atoms with van der Waals surface area (Å²) in [6.07, 6.45) is -1.25. The van der Waals surface area contributed by atoms with Gasteiger partial charge in [0.2, 0.25) is 0 Å². The highest BCUT2D eigenvalue weighted by atomic mass is 16.4. The smallest absolute Gasteiger partial charge is 0.405 e. The minimum atomic E-state index is -1.25. The quantitative estimate of drug-likeness (QED) is 0.351. The Bertz CT molecular complexity index is 156. The lowest BCUT2D eigenvalue weighted by atomic mass is 10.6. The molecule has 0 atom stereocenters. The molecule has 0 radical (unpaired) electrons. The first-order valence-corrected chi connectivity index (χ1v) is 2.38. The topological polar surface area (TPSA) is 90.8 Å². The molecule has 56 valence electrons. The van der Waals surface area contributed by atoms with E-state index in [2.05, 4.69) is 11.8 Å². The van der Waals surface area contributed by atoms with Crippen molar-refractivity contribution >= 4 is 18.7 Å². The van der Waals surface area contributed by atoms with Crippen LogP contribution in [0, 0.1) is 0 Å². The van der Waals surface area contributed by atoms with Gasteiger partial charge >= 0.3 is 6.09 Å². The number of carbonyl (C=O) groups excluding carboxylic acids is 1. The zero-order valence-corrected chi connectivity index (χ0v) is 5.13. The molecule has 0 bridgehead atoms. The van der Waals surface area contributed by atoms with E-state index in [1.807, 2.05) is 10.7 Å². The van der Waals surface area contributed by atoms with Gasteiger partial charge in [0.1, 0.15) is 6.54 Å². The van der Waals surface area contributed by atoms with Gasteiger partial charge < -0.3 is 10.4 Å². The van der Waals surface area contributed by atoms with Crippen molar-refractivity contribution in [1.82, 2.24) is 10.7 Å². The summed E-state index contributed by atoms with van der Waals surface area (Å²) in [4.78, 5) is 20.1. The minimum Gasteiger partial charge on any atom is -0.465 e. The van der Waals surface area contributed by atoms with Gasteiger partial charge in [-0.2, -0.15) is 5.10 Å². The number of nitrogens with zero attached hydrogens (tertiary/aromatic N) is 1. The van der Waals surface area contributed by atoms with Crippen molar-refractivity contribution in [2.24, 2.45) is 5.10 Å². The predicted octanol–water partition coefficient (Wildman–Crippen LogP) is -1.01. The van der Waals surface area contributed by atoms with E-state index in [1.54, 1.807) is 0 Å². The normalized spacial score (nSPS) is 8.00. The van der Waals surface area contributed by atoms with Crippen molar-refractivity contribution in [3.63, 3.8) is 0 Å². The van der Waals surface area contributed by atoms with Crippen LogP contribution in [0.1, 0.15) is 0 Å². The molecule has 0 rings (SSSR count). The average molecular weight is 145 g/mol.